The van der Waals surface area contributed by atoms with Crippen LogP contribution in [0.3, 0.4) is 0 Å². The molecule has 0 saturated heterocycles. The highest BCUT2D eigenvalue weighted by Crippen LogP contribution is 2.51. The summed E-state index contributed by atoms with van der Waals surface area (Å²) in [6.45, 7) is 7.99. The van der Waals surface area contributed by atoms with Crippen molar-refractivity contribution in [1.82, 2.24) is 14.5 Å². The second kappa shape index (κ2) is 7.09. The maximum atomic E-state index is 12.8. The lowest BCUT2D eigenvalue weighted by molar-refractivity contribution is -0.194. The van der Waals surface area contributed by atoms with Crippen molar-refractivity contribution in [2.45, 2.75) is 58.8 Å². The highest BCUT2D eigenvalue weighted by atomic mass is 16.5. The lowest BCUT2D eigenvalue weighted by atomic mass is 9.54. The van der Waals surface area contributed by atoms with Gasteiger partial charge in [0.2, 0.25) is 5.91 Å². The Kier molecular flexibility index (Phi) is 5.10. The molecule has 1 aromatic heterocycles. The van der Waals surface area contributed by atoms with Crippen molar-refractivity contribution in [3.63, 3.8) is 0 Å². The number of aryl methyl sites for hydroxylation is 1. The molecule has 1 saturated carbocycles. The number of aliphatic carboxylic acids is 1. The smallest absolute Gasteiger partial charge is 0.330 e. The number of carbonyl (C=O) groups is 2. The van der Waals surface area contributed by atoms with Gasteiger partial charge in [-0.15, -0.1) is 0 Å². The predicted octanol–water partition coefficient (Wildman–Crippen LogP) is 1.60. The number of ether oxygens (including phenoxy) is 1. The van der Waals surface area contributed by atoms with Crippen LogP contribution >= 0.6 is 0 Å². The highest BCUT2D eigenvalue weighted by Gasteiger charge is 2.66. The largest absolute Gasteiger partial charge is 0.479 e. The molecule has 0 aliphatic heterocycles. The van der Waals surface area contributed by atoms with Gasteiger partial charge in [0.25, 0.3) is 0 Å². The van der Waals surface area contributed by atoms with E-state index in [1.165, 1.54) is 4.57 Å². The summed E-state index contributed by atoms with van der Waals surface area (Å²) < 4.78 is 8.60. The third kappa shape index (κ3) is 2.83. The van der Waals surface area contributed by atoms with E-state index in [0.717, 1.165) is 5.52 Å². The first-order valence-electron chi connectivity index (χ1n) is 9.53. The molecule has 1 aliphatic carbocycles. The third-order valence-corrected chi connectivity index (χ3v) is 6.03. The average Bonchev–Trinajstić information content (AvgIpc) is 2.91. The van der Waals surface area contributed by atoms with Crippen molar-refractivity contribution in [3.8, 4) is 0 Å². The molecule has 0 radical (unpaired) electrons. The Bertz CT molecular complexity index is 974. The summed E-state index contributed by atoms with van der Waals surface area (Å²) in [5, 5.41) is 12.5. The molecular formula is C20H27N3O5. The number of carbonyl (C=O) groups excluding carboxylic acids is 1. The van der Waals surface area contributed by atoms with Crippen LogP contribution in [-0.2, 0) is 27.4 Å². The van der Waals surface area contributed by atoms with E-state index in [1.807, 2.05) is 26.0 Å². The van der Waals surface area contributed by atoms with E-state index in [1.54, 1.807) is 30.5 Å². The number of amides is 1. The summed E-state index contributed by atoms with van der Waals surface area (Å²) in [4.78, 5) is 37.5. The predicted molar refractivity (Wildman–Crippen MR) is 104 cm³/mol. The van der Waals surface area contributed by atoms with Gasteiger partial charge in [0.15, 0.2) is 0 Å². The Labute approximate surface area is 163 Å². The summed E-state index contributed by atoms with van der Waals surface area (Å²) in [5.74, 6) is -1.60. The van der Waals surface area contributed by atoms with E-state index < -0.39 is 22.8 Å². The van der Waals surface area contributed by atoms with Gasteiger partial charge in [0, 0.05) is 25.0 Å². The van der Waals surface area contributed by atoms with E-state index in [-0.39, 0.29) is 24.8 Å². The number of fused-ring (bicyclic) bond motifs is 1. The second-order valence-electron chi connectivity index (χ2n) is 7.73. The molecule has 3 rings (SSSR count). The van der Waals surface area contributed by atoms with Crippen molar-refractivity contribution in [3.05, 3.63) is 34.7 Å². The molecular weight excluding hydrogens is 362 g/mol. The van der Waals surface area contributed by atoms with Gasteiger partial charge >= 0.3 is 11.7 Å². The van der Waals surface area contributed by atoms with Crippen LogP contribution in [0.5, 0.6) is 0 Å². The average molecular weight is 389 g/mol. The molecule has 1 fully saturated rings. The van der Waals surface area contributed by atoms with Crippen molar-refractivity contribution >= 4 is 22.9 Å². The van der Waals surface area contributed by atoms with Crippen LogP contribution in [0.2, 0.25) is 0 Å². The fraction of sp³-hybridized carbons (Fsp3) is 0.550. The molecule has 2 aromatic rings. The van der Waals surface area contributed by atoms with E-state index in [4.69, 9.17) is 4.74 Å². The summed E-state index contributed by atoms with van der Waals surface area (Å²) >= 11 is 0. The zero-order valence-electron chi connectivity index (χ0n) is 16.7. The van der Waals surface area contributed by atoms with Crippen LogP contribution < -0.4 is 11.0 Å². The van der Waals surface area contributed by atoms with Gasteiger partial charge in [0.1, 0.15) is 12.1 Å². The van der Waals surface area contributed by atoms with Gasteiger partial charge < -0.3 is 15.2 Å². The molecule has 2 N–H and O–H groups in total. The lowest BCUT2D eigenvalue weighted by Crippen LogP contribution is -2.76. The number of carboxylic acid groups (broad SMARTS) is 1. The van der Waals surface area contributed by atoms with Crippen LogP contribution in [0, 0.1) is 5.41 Å². The lowest BCUT2D eigenvalue weighted by Gasteiger charge is -2.58. The highest BCUT2D eigenvalue weighted by molar-refractivity contribution is 5.90. The molecule has 1 amide bonds. The molecule has 1 heterocycles. The van der Waals surface area contributed by atoms with Crippen molar-refractivity contribution < 1.29 is 19.4 Å². The number of carboxylic acids is 1. The molecule has 152 valence electrons. The van der Waals surface area contributed by atoms with E-state index in [9.17, 15) is 19.5 Å². The van der Waals surface area contributed by atoms with Crippen LogP contribution in [0.4, 0.5) is 0 Å². The van der Waals surface area contributed by atoms with E-state index >= 15 is 0 Å². The maximum absolute atomic E-state index is 12.8. The minimum absolute atomic E-state index is 0.195. The Morgan fingerprint density at radius 1 is 1.21 bits per heavy atom. The molecule has 28 heavy (non-hydrogen) atoms. The van der Waals surface area contributed by atoms with Crippen molar-refractivity contribution in [2.24, 2.45) is 5.41 Å². The number of benzene rings is 1. The topological polar surface area (TPSA) is 103 Å². The van der Waals surface area contributed by atoms with Crippen molar-refractivity contribution in [1.29, 1.82) is 0 Å². The van der Waals surface area contributed by atoms with Gasteiger partial charge in [-0.1, -0.05) is 26.0 Å². The standard InChI is InChI=1S/C20H27N3O5/c1-5-22-13-9-7-8-10-14(13)23(18(22)27)12-16(24)21-20(17(25)26)11-15(28-6-2)19(20,3)4/h7-10,15H,5-6,11-12H2,1-4H3,(H,21,24)(H,25,26). The summed E-state index contributed by atoms with van der Waals surface area (Å²) in [6, 6.07) is 7.25. The normalized spacial score (nSPS) is 23.4. The Balaban J connectivity index is 1.88. The molecule has 8 heteroatoms. The van der Waals surface area contributed by atoms with Gasteiger partial charge in [0.05, 0.1) is 17.1 Å². The fourth-order valence-electron chi connectivity index (χ4n) is 4.19. The van der Waals surface area contributed by atoms with Gasteiger partial charge in [-0.05, 0) is 26.0 Å². The fourth-order valence-corrected chi connectivity index (χ4v) is 4.19. The van der Waals surface area contributed by atoms with Crippen LogP contribution in [0.15, 0.2) is 29.1 Å². The Morgan fingerprint density at radius 3 is 2.32 bits per heavy atom. The first-order valence-corrected chi connectivity index (χ1v) is 9.53. The molecule has 8 nitrogen and oxygen atoms in total. The minimum atomic E-state index is -1.42. The molecule has 1 aliphatic rings. The molecule has 2 atom stereocenters. The van der Waals surface area contributed by atoms with Gasteiger partial charge in [-0.3, -0.25) is 13.9 Å². The number of aromatic nitrogens is 2. The quantitative estimate of drug-likeness (QED) is 0.749. The first kappa shape index (κ1) is 20.1. The third-order valence-electron chi connectivity index (χ3n) is 6.03. The van der Waals surface area contributed by atoms with E-state index in [2.05, 4.69) is 5.32 Å². The van der Waals surface area contributed by atoms with Gasteiger partial charge in [-0.2, -0.15) is 0 Å². The summed E-state index contributed by atoms with van der Waals surface area (Å²) in [7, 11) is 0. The number of nitrogens with one attached hydrogen (secondary N) is 1. The monoisotopic (exact) mass is 389 g/mol. The minimum Gasteiger partial charge on any atom is -0.479 e. The number of nitrogens with zero attached hydrogens (tertiary/aromatic N) is 2. The number of hydrogen-bond acceptors (Lipinski definition) is 4. The van der Waals surface area contributed by atoms with Crippen LogP contribution in [0.25, 0.3) is 11.0 Å². The Hall–Kier alpha value is -2.61. The SMILES string of the molecule is CCOC1CC(NC(=O)Cn2c(=O)n(CC)c3ccccc32)(C(=O)O)C1(C)C. The zero-order chi connectivity index (χ0) is 20.7. The van der Waals surface area contributed by atoms with Gasteiger partial charge in [-0.25, -0.2) is 9.59 Å². The molecule has 0 bridgehead atoms. The number of rotatable bonds is 7. The van der Waals surface area contributed by atoms with Crippen LogP contribution in [-0.4, -0.2) is 44.4 Å². The van der Waals surface area contributed by atoms with Crippen molar-refractivity contribution in [2.75, 3.05) is 6.61 Å². The maximum Gasteiger partial charge on any atom is 0.330 e. The molecule has 2 unspecified atom stereocenters. The summed E-state index contributed by atoms with van der Waals surface area (Å²) in [6.07, 6.45) is -0.0563. The summed E-state index contributed by atoms with van der Waals surface area (Å²) in [5.41, 5.74) is -1.09. The number of para-hydroxylation sites is 2. The molecule has 0 spiro atoms. The van der Waals surface area contributed by atoms with Crippen LogP contribution in [0.1, 0.15) is 34.1 Å². The Morgan fingerprint density at radius 2 is 1.82 bits per heavy atom. The number of imidazole rings is 1. The second-order valence-corrected chi connectivity index (χ2v) is 7.73. The first-order chi connectivity index (χ1) is 13.2. The zero-order valence-corrected chi connectivity index (χ0v) is 16.7. The number of hydrogen-bond donors (Lipinski definition) is 2. The molecule has 1 aromatic carbocycles. The van der Waals surface area contributed by atoms with E-state index in [0.29, 0.717) is 18.7 Å².